The Balaban J connectivity index is 2.92. The molecule has 0 saturated carbocycles. The van der Waals surface area contributed by atoms with Gasteiger partial charge in [-0.3, -0.25) is 0 Å². The molecule has 0 unspecified atom stereocenters. The molecule has 3 heteroatoms. The molecule has 0 fully saturated rings. The molecule has 1 heterocycles. The maximum Gasteiger partial charge on any atom is 0.197 e. The summed E-state index contributed by atoms with van der Waals surface area (Å²) in [5.41, 5.74) is 0.992. The number of hydrogen-bond donors (Lipinski definition) is 0. The van der Waals surface area contributed by atoms with Crippen molar-refractivity contribution >= 4 is 27.5 Å². The van der Waals surface area contributed by atoms with Crippen molar-refractivity contribution in [3.05, 3.63) is 23.1 Å². The topological polar surface area (TPSA) is 13.1 Å². The molecule has 0 aromatic carbocycles. The van der Waals surface area contributed by atoms with E-state index in [2.05, 4.69) is 15.9 Å². The summed E-state index contributed by atoms with van der Waals surface area (Å²) >= 11 is 8.79. The molecule has 0 aliphatic heterocycles. The van der Waals surface area contributed by atoms with Gasteiger partial charge in [0.15, 0.2) is 5.22 Å². The molecule has 8 heavy (non-hydrogen) atoms. The van der Waals surface area contributed by atoms with Crippen LogP contribution >= 0.6 is 27.5 Å². The minimum atomic E-state index is 0.474. The lowest BCUT2D eigenvalue weighted by atomic mass is 10.4. The van der Waals surface area contributed by atoms with Crippen molar-refractivity contribution in [1.82, 2.24) is 0 Å². The fraction of sp³-hybridized carbons (Fsp3) is 0.200. The number of furan rings is 1. The van der Waals surface area contributed by atoms with Gasteiger partial charge in [0, 0.05) is 10.9 Å². The summed E-state index contributed by atoms with van der Waals surface area (Å²) in [4.78, 5) is 0. The Morgan fingerprint density at radius 2 is 2.50 bits per heavy atom. The van der Waals surface area contributed by atoms with E-state index in [1.807, 2.05) is 6.07 Å². The number of rotatable bonds is 1. The van der Waals surface area contributed by atoms with E-state index in [9.17, 15) is 0 Å². The second-order valence-corrected chi connectivity index (χ2v) is 2.26. The molecule has 0 atom stereocenters. The zero-order chi connectivity index (χ0) is 5.98. The molecule has 0 amide bonds. The standard InChI is InChI=1S/C5H4BrClO/c6-3-4-1-2-8-5(4)7/h1-2H,3H2. The SMILES string of the molecule is Clc1occc1CBr. The summed E-state index contributed by atoms with van der Waals surface area (Å²) in [6.45, 7) is 0. The maximum atomic E-state index is 5.54. The Kier molecular flexibility index (Phi) is 1.97. The van der Waals surface area contributed by atoms with Gasteiger partial charge in [0.1, 0.15) is 0 Å². The van der Waals surface area contributed by atoms with E-state index in [1.54, 1.807) is 6.26 Å². The van der Waals surface area contributed by atoms with Crippen LogP contribution in [0.25, 0.3) is 0 Å². The lowest BCUT2D eigenvalue weighted by molar-refractivity contribution is 0.567. The van der Waals surface area contributed by atoms with Gasteiger partial charge in [0.05, 0.1) is 6.26 Å². The number of alkyl halides is 1. The normalized spacial score (nSPS) is 9.75. The van der Waals surface area contributed by atoms with Crippen LogP contribution in [-0.2, 0) is 5.33 Å². The largest absolute Gasteiger partial charge is 0.453 e. The minimum absolute atomic E-state index is 0.474. The minimum Gasteiger partial charge on any atom is -0.453 e. The van der Waals surface area contributed by atoms with E-state index >= 15 is 0 Å². The lowest BCUT2D eigenvalue weighted by Gasteiger charge is -1.82. The van der Waals surface area contributed by atoms with Gasteiger partial charge >= 0.3 is 0 Å². The zero-order valence-electron chi connectivity index (χ0n) is 4.03. The predicted molar refractivity (Wildman–Crippen MR) is 36.3 cm³/mol. The van der Waals surface area contributed by atoms with Crippen LogP contribution in [0.1, 0.15) is 5.56 Å². The van der Waals surface area contributed by atoms with Crippen LogP contribution in [0.2, 0.25) is 5.22 Å². The second-order valence-electron chi connectivity index (χ2n) is 1.35. The van der Waals surface area contributed by atoms with Crippen molar-refractivity contribution in [2.24, 2.45) is 0 Å². The van der Waals surface area contributed by atoms with E-state index in [4.69, 9.17) is 16.0 Å². The van der Waals surface area contributed by atoms with Crippen molar-refractivity contribution < 1.29 is 4.42 Å². The fourth-order valence-electron chi connectivity index (χ4n) is 0.414. The number of hydrogen-bond acceptors (Lipinski definition) is 1. The van der Waals surface area contributed by atoms with Crippen molar-refractivity contribution in [3.63, 3.8) is 0 Å². The molecule has 1 rings (SSSR count). The molecule has 0 bridgehead atoms. The second kappa shape index (κ2) is 2.55. The van der Waals surface area contributed by atoms with Gasteiger partial charge in [-0.25, -0.2) is 0 Å². The average molecular weight is 195 g/mol. The molecule has 0 spiro atoms. The van der Waals surface area contributed by atoms with Gasteiger partial charge in [-0.2, -0.15) is 0 Å². The number of halogens is 2. The van der Waals surface area contributed by atoms with E-state index in [0.717, 1.165) is 10.9 Å². The Labute approximate surface area is 60.8 Å². The van der Waals surface area contributed by atoms with Crippen LogP contribution in [0.3, 0.4) is 0 Å². The van der Waals surface area contributed by atoms with Gasteiger partial charge in [0.2, 0.25) is 0 Å². The van der Waals surface area contributed by atoms with Crippen LogP contribution in [0.4, 0.5) is 0 Å². The molecule has 1 aromatic heterocycles. The molecule has 0 saturated heterocycles. The van der Waals surface area contributed by atoms with Crippen LogP contribution in [0.15, 0.2) is 16.7 Å². The molecule has 0 radical (unpaired) electrons. The van der Waals surface area contributed by atoms with Crippen molar-refractivity contribution in [2.75, 3.05) is 0 Å². The van der Waals surface area contributed by atoms with E-state index in [0.29, 0.717) is 5.22 Å². The highest BCUT2D eigenvalue weighted by Crippen LogP contribution is 2.18. The van der Waals surface area contributed by atoms with E-state index < -0.39 is 0 Å². The zero-order valence-corrected chi connectivity index (χ0v) is 6.37. The van der Waals surface area contributed by atoms with Crippen LogP contribution in [0.5, 0.6) is 0 Å². The van der Waals surface area contributed by atoms with Crippen LogP contribution < -0.4 is 0 Å². The van der Waals surface area contributed by atoms with Crippen LogP contribution in [-0.4, -0.2) is 0 Å². The highest BCUT2D eigenvalue weighted by molar-refractivity contribution is 9.08. The third-order valence-electron chi connectivity index (χ3n) is 0.837. The Morgan fingerprint density at radius 1 is 1.75 bits per heavy atom. The molecule has 44 valence electrons. The third-order valence-corrected chi connectivity index (χ3v) is 1.77. The third kappa shape index (κ3) is 1.06. The summed E-state index contributed by atoms with van der Waals surface area (Å²) in [5, 5.41) is 1.23. The van der Waals surface area contributed by atoms with E-state index in [1.165, 1.54) is 0 Å². The van der Waals surface area contributed by atoms with Crippen molar-refractivity contribution in [1.29, 1.82) is 0 Å². The Bertz CT molecular complexity index is 173. The van der Waals surface area contributed by atoms with Gasteiger partial charge < -0.3 is 4.42 Å². The van der Waals surface area contributed by atoms with E-state index in [-0.39, 0.29) is 0 Å². The van der Waals surface area contributed by atoms with Gasteiger partial charge in [-0.15, -0.1) is 0 Å². The van der Waals surface area contributed by atoms with Gasteiger partial charge in [-0.1, -0.05) is 15.9 Å². The fourth-order valence-corrected chi connectivity index (χ4v) is 1.20. The first-order valence-electron chi connectivity index (χ1n) is 2.12. The maximum absolute atomic E-state index is 5.54. The monoisotopic (exact) mass is 194 g/mol. The Hall–Kier alpha value is 0.0500. The molecular weight excluding hydrogens is 191 g/mol. The first kappa shape index (κ1) is 6.17. The first-order valence-corrected chi connectivity index (χ1v) is 3.62. The molecule has 0 N–H and O–H groups in total. The highest BCUT2D eigenvalue weighted by atomic mass is 79.9. The summed E-state index contributed by atoms with van der Waals surface area (Å²) in [6.07, 6.45) is 1.57. The average Bonchev–Trinajstić information content (AvgIpc) is 2.14. The molecule has 0 aliphatic rings. The summed E-state index contributed by atoms with van der Waals surface area (Å²) < 4.78 is 4.79. The highest BCUT2D eigenvalue weighted by Gasteiger charge is 1.97. The smallest absolute Gasteiger partial charge is 0.197 e. The molecule has 0 aliphatic carbocycles. The molecule has 1 aromatic rings. The molecular formula is C5H4BrClO. The molecule has 1 nitrogen and oxygen atoms in total. The first-order chi connectivity index (χ1) is 3.84. The van der Waals surface area contributed by atoms with Crippen molar-refractivity contribution in [3.8, 4) is 0 Å². The lowest BCUT2D eigenvalue weighted by Crippen LogP contribution is -1.66. The van der Waals surface area contributed by atoms with Gasteiger partial charge in [-0.05, 0) is 17.7 Å². The summed E-state index contributed by atoms with van der Waals surface area (Å²) in [6, 6.07) is 1.83. The Morgan fingerprint density at radius 3 is 2.75 bits per heavy atom. The summed E-state index contributed by atoms with van der Waals surface area (Å²) in [5.74, 6) is 0. The van der Waals surface area contributed by atoms with Gasteiger partial charge in [0.25, 0.3) is 0 Å². The quantitative estimate of drug-likeness (QED) is 0.628. The van der Waals surface area contributed by atoms with Crippen molar-refractivity contribution in [2.45, 2.75) is 5.33 Å². The van der Waals surface area contributed by atoms with Crippen LogP contribution in [0, 0.1) is 0 Å². The summed E-state index contributed by atoms with van der Waals surface area (Å²) in [7, 11) is 0. The predicted octanol–water partition coefficient (Wildman–Crippen LogP) is 2.83.